The van der Waals surface area contributed by atoms with Gasteiger partial charge in [0.25, 0.3) is 11.1 Å². The lowest BCUT2D eigenvalue weighted by molar-refractivity contribution is -0.123. The number of benzene rings is 1. The van der Waals surface area contributed by atoms with Crippen molar-refractivity contribution in [2.75, 3.05) is 13.7 Å². The summed E-state index contributed by atoms with van der Waals surface area (Å²) in [7, 11) is 1.46. The van der Waals surface area contributed by atoms with Crippen LogP contribution in [0.2, 0.25) is 0 Å². The van der Waals surface area contributed by atoms with Crippen LogP contribution in [0.5, 0.6) is 11.5 Å². The molecule has 2 aliphatic rings. The minimum absolute atomic E-state index is 0.0511. The molecule has 1 saturated carbocycles. The van der Waals surface area contributed by atoms with Crippen LogP contribution in [0.3, 0.4) is 0 Å². The number of carbonyl (C=O) groups excluding carboxylic acids is 2. The molecule has 2 amide bonds. The highest BCUT2D eigenvalue weighted by Crippen LogP contribution is 2.39. The van der Waals surface area contributed by atoms with E-state index in [0.29, 0.717) is 28.7 Å². The van der Waals surface area contributed by atoms with Gasteiger partial charge in [-0.3, -0.25) is 14.5 Å². The average Bonchev–Trinajstić information content (AvgIpc) is 2.86. The number of phenols is 1. The molecule has 3 rings (SSSR count). The van der Waals surface area contributed by atoms with Crippen LogP contribution in [0, 0.1) is 5.92 Å². The van der Waals surface area contributed by atoms with Crippen molar-refractivity contribution in [2.24, 2.45) is 5.92 Å². The molecule has 1 aromatic carbocycles. The van der Waals surface area contributed by atoms with E-state index in [4.69, 9.17) is 4.74 Å². The summed E-state index contributed by atoms with van der Waals surface area (Å²) in [6.45, 7) is 0.496. The fraction of sp³-hybridized carbons (Fsp3) is 0.444. The van der Waals surface area contributed by atoms with Crippen LogP contribution in [-0.4, -0.2) is 34.8 Å². The number of nitrogens with zero attached hydrogens (tertiary/aromatic N) is 1. The molecule has 0 bridgehead atoms. The van der Waals surface area contributed by atoms with Crippen LogP contribution in [0.25, 0.3) is 6.08 Å². The lowest BCUT2D eigenvalue weighted by Crippen LogP contribution is -2.34. The zero-order chi connectivity index (χ0) is 18.0. The van der Waals surface area contributed by atoms with E-state index in [9.17, 15) is 14.7 Å². The number of rotatable bonds is 4. The number of methoxy groups -OCH3 is 1. The molecule has 5 nitrogen and oxygen atoms in total. The van der Waals surface area contributed by atoms with Crippen molar-refractivity contribution in [3.05, 3.63) is 27.1 Å². The van der Waals surface area contributed by atoms with Gasteiger partial charge in [-0.2, -0.15) is 0 Å². The lowest BCUT2D eigenvalue weighted by Gasteiger charge is -2.25. The van der Waals surface area contributed by atoms with Crippen molar-refractivity contribution < 1.29 is 19.4 Å². The molecule has 0 spiro atoms. The van der Waals surface area contributed by atoms with Gasteiger partial charge in [0.2, 0.25) is 0 Å². The molecule has 1 aromatic rings. The van der Waals surface area contributed by atoms with E-state index in [2.05, 4.69) is 15.9 Å². The standard InChI is InChI=1S/C18H20BrNO4S/c1-24-14-9-13(19)7-12(16(14)21)8-15-17(22)20(18(23)25-15)10-11-5-3-2-4-6-11/h7-9,11,21H,2-6,10H2,1H3/b15-8+. The molecule has 2 fully saturated rings. The first-order valence-corrected chi connectivity index (χ1v) is 9.92. The Morgan fingerprint density at radius 3 is 2.72 bits per heavy atom. The largest absolute Gasteiger partial charge is 0.504 e. The Morgan fingerprint density at radius 1 is 1.32 bits per heavy atom. The maximum absolute atomic E-state index is 12.6. The molecular formula is C18H20BrNO4S. The molecule has 1 aliphatic heterocycles. The fourth-order valence-corrected chi connectivity index (χ4v) is 4.58. The molecule has 1 heterocycles. The van der Waals surface area contributed by atoms with E-state index >= 15 is 0 Å². The predicted octanol–water partition coefficient (Wildman–Crippen LogP) is 4.78. The van der Waals surface area contributed by atoms with E-state index in [1.165, 1.54) is 31.3 Å². The van der Waals surface area contributed by atoms with E-state index in [-0.39, 0.29) is 16.9 Å². The van der Waals surface area contributed by atoms with Gasteiger partial charge in [0, 0.05) is 16.6 Å². The van der Waals surface area contributed by atoms with Crippen molar-refractivity contribution >= 4 is 44.9 Å². The van der Waals surface area contributed by atoms with E-state index < -0.39 is 0 Å². The van der Waals surface area contributed by atoms with Gasteiger partial charge in [0.05, 0.1) is 12.0 Å². The fourth-order valence-electron chi connectivity index (χ4n) is 3.29. The third-order valence-electron chi connectivity index (χ3n) is 4.61. The molecule has 134 valence electrons. The van der Waals surface area contributed by atoms with Gasteiger partial charge in [0.15, 0.2) is 11.5 Å². The first-order valence-electron chi connectivity index (χ1n) is 8.31. The Labute approximate surface area is 159 Å². The summed E-state index contributed by atoms with van der Waals surface area (Å²) in [6.07, 6.45) is 7.27. The molecule has 0 aromatic heterocycles. The Balaban J connectivity index is 1.82. The number of imide groups is 1. The summed E-state index contributed by atoms with van der Waals surface area (Å²) in [4.78, 5) is 26.6. The van der Waals surface area contributed by atoms with E-state index in [0.717, 1.165) is 29.1 Å². The number of phenolic OH excluding ortho intramolecular Hbond substituents is 1. The Hall–Kier alpha value is -1.47. The third-order valence-corrected chi connectivity index (χ3v) is 5.98. The van der Waals surface area contributed by atoms with E-state index in [1.54, 1.807) is 18.2 Å². The summed E-state index contributed by atoms with van der Waals surface area (Å²) in [6, 6.07) is 3.33. The molecule has 25 heavy (non-hydrogen) atoms. The number of carbonyl (C=O) groups is 2. The topological polar surface area (TPSA) is 66.8 Å². The van der Waals surface area contributed by atoms with Gasteiger partial charge in [-0.05, 0) is 48.7 Å². The minimum atomic E-state index is -0.279. The number of aromatic hydroxyl groups is 1. The Bertz CT molecular complexity index is 728. The molecule has 0 unspecified atom stereocenters. The van der Waals surface area contributed by atoms with Gasteiger partial charge in [-0.25, -0.2) is 0 Å². The van der Waals surface area contributed by atoms with Crippen LogP contribution < -0.4 is 4.74 Å². The highest BCUT2D eigenvalue weighted by molar-refractivity contribution is 9.10. The van der Waals surface area contributed by atoms with Gasteiger partial charge in [0.1, 0.15) is 0 Å². The first-order chi connectivity index (χ1) is 12.0. The SMILES string of the molecule is COc1cc(Br)cc(/C=C2/SC(=O)N(CC3CCCCC3)C2=O)c1O. The molecule has 7 heteroatoms. The molecule has 0 radical (unpaired) electrons. The molecular weight excluding hydrogens is 406 g/mol. The predicted molar refractivity (Wildman–Crippen MR) is 102 cm³/mol. The van der Waals surface area contributed by atoms with Crippen molar-refractivity contribution in [3.8, 4) is 11.5 Å². The molecule has 1 N–H and O–H groups in total. The van der Waals surface area contributed by atoms with Crippen LogP contribution in [0.4, 0.5) is 4.79 Å². The molecule has 0 atom stereocenters. The maximum Gasteiger partial charge on any atom is 0.293 e. The van der Waals surface area contributed by atoms with Crippen LogP contribution in [-0.2, 0) is 4.79 Å². The second-order valence-corrected chi connectivity index (χ2v) is 8.25. The third kappa shape index (κ3) is 4.03. The second kappa shape index (κ2) is 7.83. The summed E-state index contributed by atoms with van der Waals surface area (Å²) >= 11 is 4.28. The average molecular weight is 426 g/mol. The Kier molecular flexibility index (Phi) is 5.74. The number of hydrogen-bond acceptors (Lipinski definition) is 5. The molecule has 1 aliphatic carbocycles. The molecule has 1 saturated heterocycles. The summed E-state index contributed by atoms with van der Waals surface area (Å²) in [5.74, 6) is 0.381. The summed E-state index contributed by atoms with van der Waals surface area (Å²) in [5.41, 5.74) is 0.439. The number of thioether (sulfide) groups is 1. The zero-order valence-electron chi connectivity index (χ0n) is 14.0. The summed E-state index contributed by atoms with van der Waals surface area (Å²) < 4.78 is 5.84. The normalized spacial score (nSPS) is 20.6. The van der Waals surface area contributed by atoms with Gasteiger partial charge in [-0.15, -0.1) is 0 Å². The van der Waals surface area contributed by atoms with Crippen molar-refractivity contribution in [3.63, 3.8) is 0 Å². The number of ether oxygens (including phenoxy) is 1. The highest BCUT2D eigenvalue weighted by atomic mass is 79.9. The lowest BCUT2D eigenvalue weighted by atomic mass is 9.89. The Morgan fingerprint density at radius 2 is 2.04 bits per heavy atom. The van der Waals surface area contributed by atoms with Crippen LogP contribution >= 0.6 is 27.7 Å². The van der Waals surface area contributed by atoms with E-state index in [1.807, 2.05) is 0 Å². The van der Waals surface area contributed by atoms with Crippen molar-refractivity contribution in [1.82, 2.24) is 4.90 Å². The first kappa shape index (κ1) is 18.3. The smallest absolute Gasteiger partial charge is 0.293 e. The number of amides is 2. The second-order valence-electron chi connectivity index (χ2n) is 6.34. The van der Waals surface area contributed by atoms with Crippen molar-refractivity contribution in [1.29, 1.82) is 0 Å². The highest BCUT2D eigenvalue weighted by Gasteiger charge is 2.36. The van der Waals surface area contributed by atoms with Crippen LogP contribution in [0.15, 0.2) is 21.5 Å². The van der Waals surface area contributed by atoms with Gasteiger partial charge < -0.3 is 9.84 Å². The van der Waals surface area contributed by atoms with Gasteiger partial charge >= 0.3 is 0 Å². The quantitative estimate of drug-likeness (QED) is 0.702. The maximum atomic E-state index is 12.6. The number of hydrogen-bond donors (Lipinski definition) is 1. The monoisotopic (exact) mass is 425 g/mol. The van der Waals surface area contributed by atoms with Crippen molar-refractivity contribution in [2.45, 2.75) is 32.1 Å². The van der Waals surface area contributed by atoms with Gasteiger partial charge in [-0.1, -0.05) is 35.2 Å². The minimum Gasteiger partial charge on any atom is -0.504 e. The number of halogens is 1. The van der Waals surface area contributed by atoms with Crippen LogP contribution in [0.1, 0.15) is 37.7 Å². The summed E-state index contributed by atoms with van der Waals surface area (Å²) in [5, 5.41) is 10.0. The zero-order valence-corrected chi connectivity index (χ0v) is 16.4.